The molecule has 1 aliphatic carbocycles. The van der Waals surface area contributed by atoms with E-state index in [1.807, 2.05) is 11.6 Å². The summed E-state index contributed by atoms with van der Waals surface area (Å²) in [4.78, 5) is 2.05. The molecule has 2 fully saturated rings. The Morgan fingerprint density at radius 3 is 2.71 bits per heavy atom. The molecule has 2 atom stereocenters. The van der Waals surface area contributed by atoms with E-state index in [2.05, 4.69) is 15.1 Å². The maximum Gasteiger partial charge on any atom is 0.159 e. The second-order valence-corrected chi connectivity index (χ2v) is 6.82. The lowest BCUT2D eigenvalue weighted by atomic mass is 10.0. The molecule has 5 nitrogen and oxygen atoms in total. The third-order valence-corrected chi connectivity index (χ3v) is 5.00. The van der Waals surface area contributed by atoms with Gasteiger partial charge in [0, 0.05) is 25.6 Å². The molecule has 0 bridgehead atoms. The van der Waals surface area contributed by atoms with Gasteiger partial charge in [-0.05, 0) is 37.0 Å². The van der Waals surface area contributed by atoms with E-state index in [1.54, 1.807) is 6.07 Å². The minimum absolute atomic E-state index is 0.156. The maximum atomic E-state index is 13.6. The van der Waals surface area contributed by atoms with E-state index in [1.165, 1.54) is 6.07 Å². The van der Waals surface area contributed by atoms with Gasteiger partial charge in [0.2, 0.25) is 0 Å². The minimum Gasteiger partial charge on any atom is -0.392 e. The molecular formula is C17H20F2N4O. The van der Waals surface area contributed by atoms with Crippen LogP contribution in [0.15, 0.2) is 18.2 Å². The van der Waals surface area contributed by atoms with Crippen LogP contribution in [0.1, 0.15) is 48.4 Å². The van der Waals surface area contributed by atoms with Crippen molar-refractivity contribution in [1.29, 1.82) is 0 Å². The lowest BCUT2D eigenvalue weighted by Gasteiger charge is -2.24. The molecule has 7 heteroatoms. The highest BCUT2D eigenvalue weighted by Crippen LogP contribution is 2.39. The van der Waals surface area contributed by atoms with E-state index in [-0.39, 0.29) is 6.04 Å². The summed E-state index contributed by atoms with van der Waals surface area (Å²) in [6, 6.07) is 3.79. The summed E-state index contributed by atoms with van der Waals surface area (Å²) in [5, 5.41) is 18.6. The number of aliphatic hydroxyl groups is 1. The average molecular weight is 334 g/mol. The largest absolute Gasteiger partial charge is 0.392 e. The van der Waals surface area contributed by atoms with E-state index in [9.17, 15) is 13.9 Å². The number of nitrogens with zero attached hydrogens (tertiary/aromatic N) is 4. The van der Waals surface area contributed by atoms with Crippen LogP contribution in [0.25, 0.3) is 0 Å². The molecular weight excluding hydrogens is 314 g/mol. The van der Waals surface area contributed by atoms with Crippen molar-refractivity contribution in [2.45, 2.75) is 43.9 Å². The van der Waals surface area contributed by atoms with Crippen LogP contribution in [0.5, 0.6) is 0 Å². The fourth-order valence-electron chi connectivity index (χ4n) is 3.51. The Hall–Kier alpha value is -1.86. The molecule has 128 valence electrons. The van der Waals surface area contributed by atoms with Crippen molar-refractivity contribution in [3.63, 3.8) is 0 Å². The number of aromatic nitrogens is 3. The molecule has 0 radical (unpaired) electrons. The SMILES string of the molecule is Cn1c(CN2CC(O)CC2c2ccc(F)c(F)c2)nnc1C1CC1. The molecule has 1 aromatic heterocycles. The molecule has 2 aromatic rings. The van der Waals surface area contributed by atoms with Crippen LogP contribution in [0.4, 0.5) is 8.78 Å². The molecule has 1 saturated heterocycles. The second-order valence-electron chi connectivity index (χ2n) is 6.82. The summed E-state index contributed by atoms with van der Waals surface area (Å²) in [5.74, 6) is 0.643. The lowest BCUT2D eigenvalue weighted by molar-refractivity contribution is 0.170. The van der Waals surface area contributed by atoms with Gasteiger partial charge in [-0.3, -0.25) is 4.90 Å². The van der Waals surface area contributed by atoms with Crippen molar-refractivity contribution in [3.8, 4) is 0 Å². The standard InChI is InChI=1S/C17H20F2N4O/c1-22-16(20-21-17(22)10-2-3-10)9-23-8-12(24)7-15(23)11-4-5-13(18)14(19)6-11/h4-6,10,12,15,24H,2-3,7-9H2,1H3. The predicted octanol–water partition coefficient (Wildman–Crippen LogP) is 2.28. The summed E-state index contributed by atoms with van der Waals surface area (Å²) in [6.45, 7) is 1.01. The van der Waals surface area contributed by atoms with E-state index in [0.717, 1.165) is 30.6 Å². The second kappa shape index (κ2) is 5.89. The van der Waals surface area contributed by atoms with E-state index in [4.69, 9.17) is 0 Å². The van der Waals surface area contributed by atoms with Crippen molar-refractivity contribution in [2.75, 3.05) is 6.54 Å². The van der Waals surface area contributed by atoms with Crippen molar-refractivity contribution < 1.29 is 13.9 Å². The topological polar surface area (TPSA) is 54.2 Å². The van der Waals surface area contributed by atoms with Crippen molar-refractivity contribution in [2.24, 2.45) is 7.05 Å². The highest BCUT2D eigenvalue weighted by atomic mass is 19.2. The van der Waals surface area contributed by atoms with E-state index < -0.39 is 17.7 Å². The van der Waals surface area contributed by atoms with E-state index in [0.29, 0.717) is 31.0 Å². The van der Waals surface area contributed by atoms with Crippen LogP contribution in [0.2, 0.25) is 0 Å². The van der Waals surface area contributed by atoms with Gasteiger partial charge in [-0.2, -0.15) is 0 Å². The number of halogens is 2. The number of hydrogen-bond acceptors (Lipinski definition) is 4. The van der Waals surface area contributed by atoms with Gasteiger partial charge < -0.3 is 9.67 Å². The molecule has 1 saturated carbocycles. The van der Waals surface area contributed by atoms with Crippen LogP contribution in [0.3, 0.4) is 0 Å². The van der Waals surface area contributed by atoms with Gasteiger partial charge in [-0.25, -0.2) is 8.78 Å². The molecule has 24 heavy (non-hydrogen) atoms. The Morgan fingerprint density at radius 2 is 2.00 bits per heavy atom. The predicted molar refractivity (Wildman–Crippen MR) is 83.1 cm³/mol. The molecule has 1 N–H and O–H groups in total. The monoisotopic (exact) mass is 334 g/mol. The van der Waals surface area contributed by atoms with Gasteiger partial charge >= 0.3 is 0 Å². The average Bonchev–Trinajstić information content (AvgIpc) is 3.23. The summed E-state index contributed by atoms with van der Waals surface area (Å²) in [6.07, 6.45) is 2.33. The molecule has 0 spiro atoms. The van der Waals surface area contributed by atoms with Crippen LogP contribution in [-0.4, -0.2) is 37.4 Å². The van der Waals surface area contributed by atoms with Gasteiger partial charge in [0.25, 0.3) is 0 Å². The van der Waals surface area contributed by atoms with E-state index >= 15 is 0 Å². The molecule has 2 heterocycles. The van der Waals surface area contributed by atoms with Crippen LogP contribution >= 0.6 is 0 Å². The first-order valence-corrected chi connectivity index (χ1v) is 8.28. The first kappa shape index (κ1) is 15.7. The van der Waals surface area contributed by atoms with Gasteiger partial charge in [0.15, 0.2) is 11.6 Å². The number of likely N-dealkylation sites (tertiary alicyclic amines) is 1. The Bertz CT molecular complexity index is 759. The van der Waals surface area contributed by atoms with Crippen molar-refractivity contribution in [3.05, 3.63) is 47.0 Å². The Balaban J connectivity index is 1.57. The first-order valence-electron chi connectivity index (χ1n) is 8.28. The third kappa shape index (κ3) is 2.82. The van der Waals surface area contributed by atoms with Crippen molar-refractivity contribution >= 4 is 0 Å². The maximum absolute atomic E-state index is 13.6. The number of aliphatic hydroxyl groups excluding tert-OH is 1. The van der Waals surface area contributed by atoms with Crippen LogP contribution < -0.4 is 0 Å². The fourth-order valence-corrected chi connectivity index (χ4v) is 3.51. The Labute approximate surface area is 138 Å². The summed E-state index contributed by atoms with van der Waals surface area (Å²) in [7, 11) is 1.96. The summed E-state index contributed by atoms with van der Waals surface area (Å²) >= 11 is 0. The molecule has 1 aliphatic heterocycles. The van der Waals surface area contributed by atoms with Crippen LogP contribution in [0, 0.1) is 11.6 Å². The number of rotatable bonds is 4. The minimum atomic E-state index is -0.858. The molecule has 4 rings (SSSR count). The van der Waals surface area contributed by atoms with Gasteiger partial charge in [-0.1, -0.05) is 6.07 Å². The van der Waals surface area contributed by atoms with Crippen LogP contribution in [-0.2, 0) is 13.6 Å². The first-order chi connectivity index (χ1) is 11.5. The van der Waals surface area contributed by atoms with Gasteiger partial charge in [-0.15, -0.1) is 10.2 Å². The molecule has 1 aromatic carbocycles. The number of β-amino-alcohol motifs (C(OH)–C–C–N with tert-alkyl or cyclic N) is 1. The third-order valence-electron chi connectivity index (χ3n) is 5.00. The zero-order valence-corrected chi connectivity index (χ0v) is 13.5. The van der Waals surface area contributed by atoms with Gasteiger partial charge in [0.05, 0.1) is 12.6 Å². The zero-order chi connectivity index (χ0) is 16.8. The Morgan fingerprint density at radius 1 is 1.21 bits per heavy atom. The zero-order valence-electron chi connectivity index (χ0n) is 13.5. The van der Waals surface area contributed by atoms with Crippen molar-refractivity contribution in [1.82, 2.24) is 19.7 Å². The smallest absolute Gasteiger partial charge is 0.159 e. The summed E-state index contributed by atoms with van der Waals surface area (Å²) in [5.41, 5.74) is 0.676. The highest BCUT2D eigenvalue weighted by Gasteiger charge is 2.34. The molecule has 0 amide bonds. The molecule has 2 unspecified atom stereocenters. The molecule has 2 aliphatic rings. The Kier molecular flexibility index (Phi) is 3.85. The lowest BCUT2D eigenvalue weighted by Crippen LogP contribution is -2.26. The van der Waals surface area contributed by atoms with Gasteiger partial charge in [0.1, 0.15) is 11.6 Å². The fraction of sp³-hybridized carbons (Fsp3) is 0.529. The highest BCUT2D eigenvalue weighted by molar-refractivity contribution is 5.23. The quantitative estimate of drug-likeness (QED) is 0.932. The summed E-state index contributed by atoms with van der Waals surface area (Å²) < 4.78 is 28.8. The normalized spacial score (nSPS) is 24.7. The number of hydrogen-bond donors (Lipinski definition) is 1. The number of benzene rings is 1.